The maximum atomic E-state index is 12.7. The first-order valence-electron chi connectivity index (χ1n) is 3.21. The summed E-state index contributed by atoms with van der Waals surface area (Å²) in [6, 6.07) is 1.25. The van der Waals surface area contributed by atoms with Crippen molar-refractivity contribution in [3.63, 3.8) is 0 Å². The molecule has 0 aliphatic carbocycles. The molecule has 0 aliphatic heterocycles. The van der Waals surface area contributed by atoms with Crippen molar-refractivity contribution < 1.29 is 18.7 Å². The molecule has 1 N–H and O–H groups in total. The topological polar surface area (TPSA) is 37.3 Å². The number of phenolic OH excluding ortho intramolecular Hbond substituents is 1. The molecular formula is C8H6F2O2. The van der Waals surface area contributed by atoms with Gasteiger partial charge in [0.05, 0.1) is 5.56 Å². The highest BCUT2D eigenvalue weighted by atomic mass is 19.1. The summed E-state index contributed by atoms with van der Waals surface area (Å²) in [5.74, 6) is -3.29. The van der Waals surface area contributed by atoms with Gasteiger partial charge in [-0.3, -0.25) is 4.79 Å². The maximum absolute atomic E-state index is 12.7. The lowest BCUT2D eigenvalue weighted by Gasteiger charge is -1.99. The third-order valence-electron chi connectivity index (χ3n) is 1.42. The van der Waals surface area contributed by atoms with Gasteiger partial charge in [0.1, 0.15) is 5.82 Å². The molecule has 0 atom stereocenters. The van der Waals surface area contributed by atoms with E-state index in [-0.39, 0.29) is 5.56 Å². The monoisotopic (exact) mass is 172 g/mol. The van der Waals surface area contributed by atoms with Crippen LogP contribution in [0, 0.1) is 11.6 Å². The van der Waals surface area contributed by atoms with E-state index in [1.54, 1.807) is 0 Å². The minimum Gasteiger partial charge on any atom is -0.505 e. The van der Waals surface area contributed by atoms with Crippen molar-refractivity contribution in [2.45, 2.75) is 6.92 Å². The Bertz CT molecular complexity index is 334. The zero-order valence-corrected chi connectivity index (χ0v) is 6.27. The zero-order chi connectivity index (χ0) is 9.30. The van der Waals surface area contributed by atoms with Crippen molar-refractivity contribution in [3.05, 3.63) is 29.3 Å². The van der Waals surface area contributed by atoms with E-state index in [0.29, 0.717) is 12.1 Å². The highest BCUT2D eigenvalue weighted by Crippen LogP contribution is 2.19. The fourth-order valence-electron chi connectivity index (χ4n) is 0.806. The number of phenols is 1. The van der Waals surface area contributed by atoms with E-state index in [1.165, 1.54) is 0 Å². The fraction of sp³-hybridized carbons (Fsp3) is 0.125. The molecule has 0 radical (unpaired) electrons. The van der Waals surface area contributed by atoms with Gasteiger partial charge in [-0.2, -0.15) is 0 Å². The number of hydrogen-bond donors (Lipinski definition) is 1. The van der Waals surface area contributed by atoms with Gasteiger partial charge in [-0.25, -0.2) is 8.78 Å². The van der Waals surface area contributed by atoms with E-state index in [0.717, 1.165) is 6.92 Å². The third-order valence-corrected chi connectivity index (χ3v) is 1.42. The van der Waals surface area contributed by atoms with Gasteiger partial charge in [0, 0.05) is 6.07 Å². The number of ketones is 1. The lowest BCUT2D eigenvalue weighted by molar-refractivity contribution is 0.101. The minimum absolute atomic E-state index is 0.356. The smallest absolute Gasteiger partial charge is 0.165 e. The van der Waals surface area contributed by atoms with E-state index in [2.05, 4.69) is 0 Å². The first-order valence-corrected chi connectivity index (χ1v) is 3.21. The molecule has 0 unspecified atom stereocenters. The molecule has 12 heavy (non-hydrogen) atoms. The number of aromatic hydroxyl groups is 1. The molecule has 0 amide bonds. The van der Waals surface area contributed by atoms with Gasteiger partial charge in [0.2, 0.25) is 0 Å². The Balaban J connectivity index is 3.33. The first kappa shape index (κ1) is 8.64. The molecule has 64 valence electrons. The van der Waals surface area contributed by atoms with E-state index < -0.39 is 23.2 Å². The Hall–Kier alpha value is -1.45. The fourth-order valence-corrected chi connectivity index (χ4v) is 0.806. The van der Waals surface area contributed by atoms with Crippen molar-refractivity contribution >= 4 is 5.78 Å². The average Bonchev–Trinajstić information content (AvgIpc) is 1.96. The van der Waals surface area contributed by atoms with Crippen LogP contribution < -0.4 is 0 Å². The second-order valence-corrected chi connectivity index (χ2v) is 2.34. The predicted molar refractivity (Wildman–Crippen MR) is 38.0 cm³/mol. The van der Waals surface area contributed by atoms with Crippen LogP contribution in [0.25, 0.3) is 0 Å². The summed E-state index contributed by atoms with van der Waals surface area (Å²) in [7, 11) is 0. The SMILES string of the molecule is CC(=O)c1cc(F)c(O)cc1F. The molecule has 1 aromatic carbocycles. The van der Waals surface area contributed by atoms with Gasteiger partial charge in [0.15, 0.2) is 17.3 Å². The molecule has 1 rings (SSSR count). The highest BCUT2D eigenvalue weighted by molar-refractivity contribution is 5.94. The van der Waals surface area contributed by atoms with E-state index in [9.17, 15) is 13.6 Å². The third kappa shape index (κ3) is 1.42. The quantitative estimate of drug-likeness (QED) is 0.656. The summed E-state index contributed by atoms with van der Waals surface area (Å²) in [6.07, 6.45) is 0. The van der Waals surface area contributed by atoms with Gasteiger partial charge < -0.3 is 5.11 Å². The molecule has 0 bridgehead atoms. The van der Waals surface area contributed by atoms with Crippen LogP contribution in [0.2, 0.25) is 0 Å². The number of benzene rings is 1. The Kier molecular flexibility index (Phi) is 2.08. The normalized spacial score (nSPS) is 9.92. The number of carbonyl (C=O) groups is 1. The largest absolute Gasteiger partial charge is 0.505 e. The number of hydrogen-bond acceptors (Lipinski definition) is 2. The zero-order valence-electron chi connectivity index (χ0n) is 6.27. The molecular weight excluding hydrogens is 166 g/mol. The van der Waals surface area contributed by atoms with Crippen LogP contribution in [-0.4, -0.2) is 10.9 Å². The standard InChI is InChI=1S/C8H6F2O2/c1-4(11)5-2-7(10)8(12)3-6(5)9/h2-3,12H,1H3. The molecule has 0 heterocycles. The summed E-state index contributed by atoms with van der Waals surface area (Å²) < 4.78 is 25.3. The van der Waals surface area contributed by atoms with Gasteiger partial charge >= 0.3 is 0 Å². The Morgan fingerprint density at radius 2 is 1.92 bits per heavy atom. The van der Waals surface area contributed by atoms with Crippen molar-refractivity contribution in [3.8, 4) is 5.75 Å². The van der Waals surface area contributed by atoms with Crippen LogP contribution in [-0.2, 0) is 0 Å². The van der Waals surface area contributed by atoms with Crippen molar-refractivity contribution in [2.75, 3.05) is 0 Å². The van der Waals surface area contributed by atoms with Crippen molar-refractivity contribution in [1.82, 2.24) is 0 Å². The molecule has 2 nitrogen and oxygen atoms in total. The lowest BCUT2D eigenvalue weighted by atomic mass is 10.1. The molecule has 1 aromatic rings. The van der Waals surface area contributed by atoms with Gasteiger partial charge in [-0.05, 0) is 13.0 Å². The van der Waals surface area contributed by atoms with E-state index in [4.69, 9.17) is 5.11 Å². The highest BCUT2D eigenvalue weighted by Gasteiger charge is 2.11. The first-order chi connectivity index (χ1) is 5.52. The summed E-state index contributed by atoms with van der Waals surface area (Å²) in [5.41, 5.74) is -0.356. The predicted octanol–water partition coefficient (Wildman–Crippen LogP) is 1.87. The van der Waals surface area contributed by atoms with Crippen LogP contribution in [0.5, 0.6) is 5.75 Å². The minimum atomic E-state index is -0.999. The summed E-state index contributed by atoms with van der Waals surface area (Å²) >= 11 is 0. The van der Waals surface area contributed by atoms with Crippen LogP contribution in [0.1, 0.15) is 17.3 Å². The van der Waals surface area contributed by atoms with Crippen LogP contribution in [0.4, 0.5) is 8.78 Å². The van der Waals surface area contributed by atoms with Crippen LogP contribution in [0.15, 0.2) is 12.1 Å². The Morgan fingerprint density at radius 3 is 2.42 bits per heavy atom. The Morgan fingerprint density at radius 1 is 1.33 bits per heavy atom. The molecule has 0 fully saturated rings. The molecule has 0 aliphatic rings. The average molecular weight is 172 g/mol. The Labute approximate surface area is 67.4 Å². The maximum Gasteiger partial charge on any atom is 0.165 e. The number of Topliss-reactive ketones (excluding diaryl/α,β-unsaturated/α-hetero) is 1. The summed E-state index contributed by atoms with van der Waals surface area (Å²) in [4.78, 5) is 10.6. The molecule has 0 spiro atoms. The van der Waals surface area contributed by atoms with Crippen LogP contribution in [0.3, 0.4) is 0 Å². The van der Waals surface area contributed by atoms with Crippen molar-refractivity contribution in [1.29, 1.82) is 0 Å². The van der Waals surface area contributed by atoms with Crippen molar-refractivity contribution in [2.24, 2.45) is 0 Å². The van der Waals surface area contributed by atoms with E-state index in [1.807, 2.05) is 0 Å². The summed E-state index contributed by atoms with van der Waals surface area (Å²) in [5, 5.41) is 8.68. The molecule has 0 aromatic heterocycles. The van der Waals surface area contributed by atoms with Crippen LogP contribution >= 0.6 is 0 Å². The van der Waals surface area contributed by atoms with Gasteiger partial charge in [0.25, 0.3) is 0 Å². The van der Waals surface area contributed by atoms with E-state index >= 15 is 0 Å². The molecule has 4 heteroatoms. The molecule has 0 saturated carbocycles. The second kappa shape index (κ2) is 2.89. The van der Waals surface area contributed by atoms with Gasteiger partial charge in [-0.1, -0.05) is 0 Å². The number of rotatable bonds is 1. The number of halogens is 2. The molecule has 0 saturated heterocycles. The number of carbonyl (C=O) groups excluding carboxylic acids is 1. The van der Waals surface area contributed by atoms with Gasteiger partial charge in [-0.15, -0.1) is 0 Å². The summed E-state index contributed by atoms with van der Waals surface area (Å²) in [6.45, 7) is 1.12. The second-order valence-electron chi connectivity index (χ2n) is 2.34. The lowest BCUT2D eigenvalue weighted by Crippen LogP contribution is -1.97.